The molecule has 4 atom stereocenters. The lowest BCUT2D eigenvalue weighted by Gasteiger charge is -2.30. The van der Waals surface area contributed by atoms with E-state index in [2.05, 4.69) is 18.9 Å². The fourth-order valence-electron chi connectivity index (χ4n) is 2.81. The van der Waals surface area contributed by atoms with Gasteiger partial charge in [-0.3, -0.25) is 4.90 Å². The van der Waals surface area contributed by atoms with Gasteiger partial charge in [0.1, 0.15) is 0 Å². The summed E-state index contributed by atoms with van der Waals surface area (Å²) in [7, 11) is 2.16. The monoisotopic (exact) mass is 228 g/mol. The molecule has 0 aromatic rings. The third-order valence-electron chi connectivity index (χ3n) is 3.97. The summed E-state index contributed by atoms with van der Waals surface area (Å²) in [6.45, 7) is 5.71. The van der Waals surface area contributed by atoms with Gasteiger partial charge in [-0.1, -0.05) is 0 Å². The van der Waals surface area contributed by atoms with Crippen LogP contribution >= 0.6 is 0 Å². The lowest BCUT2D eigenvalue weighted by molar-refractivity contribution is 0.0786. The Morgan fingerprint density at radius 3 is 2.75 bits per heavy atom. The zero-order valence-corrected chi connectivity index (χ0v) is 10.4. The van der Waals surface area contributed by atoms with Crippen LogP contribution in [0.25, 0.3) is 0 Å². The van der Waals surface area contributed by atoms with Crippen molar-refractivity contribution in [3.63, 3.8) is 0 Å². The third kappa shape index (κ3) is 2.74. The molecule has 0 amide bonds. The lowest BCUT2D eigenvalue weighted by Crippen LogP contribution is -2.46. The van der Waals surface area contributed by atoms with Crippen LogP contribution in [0.3, 0.4) is 0 Å². The second kappa shape index (κ2) is 5.45. The third-order valence-corrected chi connectivity index (χ3v) is 3.97. The number of hydrogen-bond acceptors (Lipinski definition) is 4. The Kier molecular flexibility index (Phi) is 4.19. The molecule has 0 radical (unpaired) electrons. The summed E-state index contributed by atoms with van der Waals surface area (Å²) >= 11 is 0. The fraction of sp³-hybridized carbons (Fsp3) is 1.00. The maximum absolute atomic E-state index is 6.23. The Morgan fingerprint density at radius 1 is 1.38 bits per heavy atom. The molecule has 2 fully saturated rings. The molecule has 2 aliphatic heterocycles. The molecule has 94 valence electrons. The fourth-order valence-corrected chi connectivity index (χ4v) is 2.81. The maximum atomic E-state index is 6.23. The predicted molar refractivity (Wildman–Crippen MR) is 63.4 cm³/mol. The summed E-state index contributed by atoms with van der Waals surface area (Å²) in [6, 6.07) is 0.772. The van der Waals surface area contributed by atoms with E-state index in [1.54, 1.807) is 0 Å². The first-order chi connectivity index (χ1) is 7.68. The summed E-state index contributed by atoms with van der Waals surface area (Å²) < 4.78 is 11.0. The molecule has 2 N–H and O–H groups in total. The minimum absolute atomic E-state index is 0.236. The van der Waals surface area contributed by atoms with Gasteiger partial charge in [0.25, 0.3) is 0 Å². The van der Waals surface area contributed by atoms with Gasteiger partial charge >= 0.3 is 0 Å². The molecule has 2 rings (SSSR count). The highest BCUT2D eigenvalue weighted by Gasteiger charge is 2.30. The second-order valence-corrected chi connectivity index (χ2v) is 5.16. The first-order valence-corrected chi connectivity index (χ1v) is 6.33. The van der Waals surface area contributed by atoms with E-state index in [9.17, 15) is 0 Å². The summed E-state index contributed by atoms with van der Waals surface area (Å²) in [5.74, 6) is 0.542. The van der Waals surface area contributed by atoms with Crippen molar-refractivity contribution in [1.82, 2.24) is 4.90 Å². The molecule has 0 spiro atoms. The van der Waals surface area contributed by atoms with E-state index in [4.69, 9.17) is 15.2 Å². The average molecular weight is 228 g/mol. The van der Waals surface area contributed by atoms with Gasteiger partial charge in [-0.15, -0.1) is 0 Å². The van der Waals surface area contributed by atoms with Crippen molar-refractivity contribution in [2.24, 2.45) is 11.7 Å². The normalized spacial score (nSPS) is 37.1. The molecule has 4 unspecified atom stereocenters. The topological polar surface area (TPSA) is 47.7 Å². The van der Waals surface area contributed by atoms with Crippen LogP contribution in [0.15, 0.2) is 0 Å². The van der Waals surface area contributed by atoms with E-state index >= 15 is 0 Å². The molecule has 4 nitrogen and oxygen atoms in total. The van der Waals surface area contributed by atoms with Crippen LogP contribution in [0.1, 0.15) is 19.8 Å². The molecule has 0 aromatic carbocycles. The maximum Gasteiger partial charge on any atom is 0.0702 e. The number of nitrogens with two attached hydrogens (primary N) is 1. The standard InChI is InChI=1S/C12H24N2O2/c1-9-12(4-6-16-9)14(2)7-11(13)10-3-5-15-8-10/h9-12H,3-8,13H2,1-2H3. The molecular formula is C12H24N2O2. The van der Waals surface area contributed by atoms with Crippen LogP contribution < -0.4 is 5.73 Å². The van der Waals surface area contributed by atoms with E-state index in [0.29, 0.717) is 18.1 Å². The highest BCUT2D eigenvalue weighted by Crippen LogP contribution is 2.21. The summed E-state index contributed by atoms with van der Waals surface area (Å²) in [6.07, 6.45) is 2.59. The molecule has 0 aromatic heterocycles. The zero-order valence-electron chi connectivity index (χ0n) is 10.4. The van der Waals surface area contributed by atoms with Crippen LogP contribution in [0.4, 0.5) is 0 Å². The summed E-state index contributed by atoms with van der Waals surface area (Å²) in [4.78, 5) is 2.36. The first-order valence-electron chi connectivity index (χ1n) is 6.33. The molecule has 0 saturated carbocycles. The van der Waals surface area contributed by atoms with Crippen molar-refractivity contribution < 1.29 is 9.47 Å². The van der Waals surface area contributed by atoms with Gasteiger partial charge in [-0.25, -0.2) is 0 Å². The van der Waals surface area contributed by atoms with E-state index in [-0.39, 0.29) is 6.04 Å². The Hall–Kier alpha value is -0.160. The van der Waals surface area contributed by atoms with Crippen molar-refractivity contribution in [2.75, 3.05) is 33.4 Å². The number of likely N-dealkylation sites (N-methyl/N-ethyl adjacent to an activating group) is 1. The van der Waals surface area contributed by atoms with Gasteiger partial charge < -0.3 is 15.2 Å². The molecule has 0 bridgehead atoms. The van der Waals surface area contributed by atoms with Crippen molar-refractivity contribution in [2.45, 2.75) is 38.0 Å². The van der Waals surface area contributed by atoms with Gasteiger partial charge in [0, 0.05) is 37.8 Å². The van der Waals surface area contributed by atoms with Crippen molar-refractivity contribution in [3.8, 4) is 0 Å². The van der Waals surface area contributed by atoms with Gasteiger partial charge in [-0.2, -0.15) is 0 Å². The Balaban J connectivity index is 1.79. The average Bonchev–Trinajstić information content (AvgIpc) is 2.86. The SMILES string of the molecule is CC1OCCC1N(C)CC(N)C1CCOC1. The van der Waals surface area contributed by atoms with Gasteiger partial charge in [0.05, 0.1) is 12.7 Å². The summed E-state index contributed by atoms with van der Waals surface area (Å²) in [5.41, 5.74) is 6.23. The van der Waals surface area contributed by atoms with Gasteiger partial charge in [0.2, 0.25) is 0 Å². The number of nitrogens with zero attached hydrogens (tertiary/aromatic N) is 1. The Labute approximate surface area is 98.1 Å². The Morgan fingerprint density at radius 2 is 2.19 bits per heavy atom. The lowest BCUT2D eigenvalue weighted by atomic mass is 9.98. The molecule has 2 aliphatic rings. The highest BCUT2D eigenvalue weighted by molar-refractivity contribution is 4.85. The van der Waals surface area contributed by atoms with Crippen LogP contribution in [0.5, 0.6) is 0 Å². The molecule has 2 saturated heterocycles. The van der Waals surface area contributed by atoms with Gasteiger partial charge in [-0.05, 0) is 26.8 Å². The number of hydrogen-bond donors (Lipinski definition) is 1. The minimum Gasteiger partial charge on any atom is -0.381 e. The van der Waals surface area contributed by atoms with E-state index < -0.39 is 0 Å². The molecule has 4 heteroatoms. The van der Waals surface area contributed by atoms with Crippen molar-refractivity contribution >= 4 is 0 Å². The van der Waals surface area contributed by atoms with Crippen LogP contribution in [-0.2, 0) is 9.47 Å². The van der Waals surface area contributed by atoms with Crippen LogP contribution in [-0.4, -0.2) is 56.5 Å². The predicted octanol–water partition coefficient (Wildman–Crippen LogP) is 0.459. The highest BCUT2D eigenvalue weighted by atomic mass is 16.5. The van der Waals surface area contributed by atoms with E-state index in [0.717, 1.165) is 39.2 Å². The van der Waals surface area contributed by atoms with Crippen LogP contribution in [0.2, 0.25) is 0 Å². The molecule has 0 aliphatic carbocycles. The van der Waals surface area contributed by atoms with Crippen molar-refractivity contribution in [1.29, 1.82) is 0 Å². The van der Waals surface area contributed by atoms with Crippen LogP contribution in [0, 0.1) is 5.92 Å². The Bertz CT molecular complexity index is 219. The number of rotatable bonds is 4. The molecule has 16 heavy (non-hydrogen) atoms. The second-order valence-electron chi connectivity index (χ2n) is 5.16. The zero-order chi connectivity index (χ0) is 11.5. The van der Waals surface area contributed by atoms with Gasteiger partial charge in [0.15, 0.2) is 0 Å². The number of ether oxygens (including phenoxy) is 2. The largest absolute Gasteiger partial charge is 0.381 e. The minimum atomic E-state index is 0.236. The quantitative estimate of drug-likeness (QED) is 0.759. The summed E-state index contributed by atoms with van der Waals surface area (Å²) in [5, 5.41) is 0. The van der Waals surface area contributed by atoms with Crippen molar-refractivity contribution in [3.05, 3.63) is 0 Å². The smallest absolute Gasteiger partial charge is 0.0702 e. The molecular weight excluding hydrogens is 204 g/mol. The first kappa shape index (κ1) is 12.3. The van der Waals surface area contributed by atoms with E-state index in [1.807, 2.05) is 0 Å². The van der Waals surface area contributed by atoms with E-state index in [1.165, 1.54) is 0 Å². The molecule has 2 heterocycles.